The summed E-state index contributed by atoms with van der Waals surface area (Å²) >= 11 is 1.57. The maximum absolute atomic E-state index is 8.15. The predicted octanol–water partition coefficient (Wildman–Crippen LogP) is 0.748. The van der Waals surface area contributed by atoms with Crippen molar-refractivity contribution in [3.8, 4) is 6.19 Å². The van der Waals surface area contributed by atoms with Crippen molar-refractivity contribution in [3.63, 3.8) is 0 Å². The first-order chi connectivity index (χ1) is 3.43. The van der Waals surface area contributed by atoms with Gasteiger partial charge in [0, 0.05) is 0 Å². The molecule has 0 saturated heterocycles. The Morgan fingerprint density at radius 2 is 2.86 bits per heavy atom. The second-order valence-corrected chi connectivity index (χ2v) is 1.90. The van der Waals surface area contributed by atoms with Gasteiger partial charge in [0.25, 0.3) is 0 Å². The van der Waals surface area contributed by atoms with Gasteiger partial charge in [-0.15, -0.1) is 11.8 Å². The zero-order valence-electron chi connectivity index (χ0n) is 3.59. The maximum atomic E-state index is 8.15. The molecule has 0 N–H and O–H groups in total. The summed E-state index contributed by atoms with van der Waals surface area (Å²) in [6, 6.07) is 0. The molecule has 3 heteroatoms. The number of thioether (sulfide) groups is 1. The SMILES string of the molecule is N#CN1[C]=CSC1. The van der Waals surface area contributed by atoms with E-state index >= 15 is 0 Å². The highest BCUT2D eigenvalue weighted by Crippen LogP contribution is 2.11. The molecule has 0 aliphatic carbocycles. The quantitative estimate of drug-likeness (QED) is 0.431. The second kappa shape index (κ2) is 1.90. The summed E-state index contributed by atoms with van der Waals surface area (Å²) in [5.41, 5.74) is 0. The largest absolute Gasteiger partial charge is 0.266 e. The summed E-state index contributed by atoms with van der Waals surface area (Å²) in [7, 11) is 0. The summed E-state index contributed by atoms with van der Waals surface area (Å²) < 4.78 is 0. The van der Waals surface area contributed by atoms with E-state index in [1.807, 2.05) is 6.19 Å². The number of rotatable bonds is 0. The van der Waals surface area contributed by atoms with E-state index in [2.05, 4.69) is 6.20 Å². The van der Waals surface area contributed by atoms with Crippen molar-refractivity contribution in [1.82, 2.24) is 4.90 Å². The standard InChI is InChI=1S/C4H3N2S/c5-3-6-1-2-7-4-6/h2H,4H2. The average molecular weight is 111 g/mol. The van der Waals surface area contributed by atoms with E-state index < -0.39 is 0 Å². The first-order valence-corrected chi connectivity index (χ1v) is 2.85. The van der Waals surface area contributed by atoms with Crippen LogP contribution in [0.3, 0.4) is 0 Å². The Bertz CT molecular complexity index is 124. The number of hydrogen-bond acceptors (Lipinski definition) is 3. The fourth-order valence-electron chi connectivity index (χ4n) is 0.308. The van der Waals surface area contributed by atoms with E-state index in [1.165, 1.54) is 4.90 Å². The minimum absolute atomic E-state index is 0.733. The average Bonchev–Trinajstić information content (AvgIpc) is 2.14. The van der Waals surface area contributed by atoms with E-state index in [-0.39, 0.29) is 0 Å². The van der Waals surface area contributed by atoms with Crippen LogP contribution >= 0.6 is 11.8 Å². The highest BCUT2D eigenvalue weighted by Gasteiger charge is 2.00. The van der Waals surface area contributed by atoms with Crippen LogP contribution in [0.2, 0.25) is 0 Å². The molecule has 2 nitrogen and oxygen atoms in total. The molecule has 0 saturated carbocycles. The molecule has 0 bridgehead atoms. The van der Waals surface area contributed by atoms with Gasteiger partial charge < -0.3 is 0 Å². The lowest BCUT2D eigenvalue weighted by Crippen LogP contribution is -2.02. The molecule has 7 heavy (non-hydrogen) atoms. The van der Waals surface area contributed by atoms with E-state index in [9.17, 15) is 0 Å². The summed E-state index contributed by atoms with van der Waals surface area (Å²) in [5.74, 6) is 0.733. The Morgan fingerprint density at radius 1 is 2.00 bits per heavy atom. The van der Waals surface area contributed by atoms with E-state index in [1.54, 1.807) is 17.2 Å². The van der Waals surface area contributed by atoms with Gasteiger partial charge >= 0.3 is 0 Å². The Labute approximate surface area is 46.4 Å². The van der Waals surface area contributed by atoms with Gasteiger partial charge in [0.1, 0.15) is 0 Å². The molecule has 1 heterocycles. The lowest BCUT2D eigenvalue weighted by molar-refractivity contribution is 0.610. The van der Waals surface area contributed by atoms with Crippen LogP contribution in [0.25, 0.3) is 0 Å². The van der Waals surface area contributed by atoms with E-state index in [4.69, 9.17) is 5.26 Å². The molecule has 1 radical (unpaired) electrons. The van der Waals surface area contributed by atoms with Crippen LogP contribution in [-0.2, 0) is 0 Å². The lowest BCUT2D eigenvalue weighted by Gasteiger charge is -1.95. The molecule has 1 aliphatic heterocycles. The van der Waals surface area contributed by atoms with Gasteiger partial charge in [0.15, 0.2) is 6.19 Å². The van der Waals surface area contributed by atoms with Gasteiger partial charge in [-0.3, -0.25) is 4.90 Å². The smallest absolute Gasteiger partial charge is 0.185 e. The molecule has 0 aromatic rings. The van der Waals surface area contributed by atoms with Crippen LogP contribution < -0.4 is 0 Å². The van der Waals surface area contributed by atoms with E-state index in [0.717, 1.165) is 5.88 Å². The van der Waals surface area contributed by atoms with Crippen LogP contribution in [0.15, 0.2) is 5.41 Å². The molecule has 0 aromatic heterocycles. The molecule has 0 fully saturated rings. The maximum Gasteiger partial charge on any atom is 0.185 e. The van der Waals surface area contributed by atoms with Crippen molar-refractivity contribution in [2.75, 3.05) is 5.88 Å². The molecular formula is C4H3N2S. The predicted molar refractivity (Wildman–Crippen MR) is 27.7 cm³/mol. The third kappa shape index (κ3) is 0.875. The monoisotopic (exact) mass is 111 g/mol. The minimum Gasteiger partial charge on any atom is -0.266 e. The molecule has 0 amide bonds. The van der Waals surface area contributed by atoms with Crippen LogP contribution in [0.5, 0.6) is 0 Å². The topological polar surface area (TPSA) is 27.0 Å². The van der Waals surface area contributed by atoms with Gasteiger partial charge in [-0.25, -0.2) is 0 Å². The van der Waals surface area contributed by atoms with Crippen LogP contribution in [-0.4, -0.2) is 10.8 Å². The summed E-state index contributed by atoms with van der Waals surface area (Å²) in [5, 5.41) is 9.93. The fourth-order valence-corrected chi connectivity index (χ4v) is 0.865. The van der Waals surface area contributed by atoms with Crippen molar-refractivity contribution in [3.05, 3.63) is 11.6 Å². The first-order valence-electron chi connectivity index (χ1n) is 1.80. The molecule has 0 unspecified atom stereocenters. The molecule has 1 rings (SSSR count). The van der Waals surface area contributed by atoms with Gasteiger partial charge in [-0.05, 0) is 5.41 Å². The highest BCUT2D eigenvalue weighted by atomic mass is 32.2. The van der Waals surface area contributed by atoms with Crippen LogP contribution in [0.1, 0.15) is 0 Å². The fraction of sp³-hybridized carbons (Fsp3) is 0.250. The van der Waals surface area contributed by atoms with Gasteiger partial charge in [0.05, 0.1) is 12.1 Å². The minimum atomic E-state index is 0.733. The number of nitrogens with zero attached hydrogens (tertiary/aromatic N) is 2. The second-order valence-electron chi connectivity index (χ2n) is 1.07. The Kier molecular flexibility index (Phi) is 1.23. The third-order valence-corrected chi connectivity index (χ3v) is 1.30. The molecular weight excluding hydrogens is 108 g/mol. The summed E-state index contributed by atoms with van der Waals surface area (Å²) in [6.07, 6.45) is 4.65. The Balaban J connectivity index is 2.47. The van der Waals surface area contributed by atoms with Crippen molar-refractivity contribution in [2.24, 2.45) is 0 Å². The summed E-state index contributed by atoms with van der Waals surface area (Å²) in [4.78, 5) is 1.45. The third-order valence-electron chi connectivity index (χ3n) is 0.616. The molecule has 0 spiro atoms. The zero-order chi connectivity index (χ0) is 5.11. The first kappa shape index (κ1) is 4.54. The van der Waals surface area contributed by atoms with Crippen LogP contribution in [0.4, 0.5) is 0 Å². The normalized spacial score (nSPS) is 17.3. The van der Waals surface area contributed by atoms with Crippen molar-refractivity contribution < 1.29 is 0 Å². The van der Waals surface area contributed by atoms with Crippen molar-refractivity contribution in [2.45, 2.75) is 0 Å². The Morgan fingerprint density at radius 3 is 3.14 bits per heavy atom. The number of nitriles is 1. The number of hydrogen-bond donors (Lipinski definition) is 0. The molecule has 0 atom stereocenters. The van der Waals surface area contributed by atoms with Crippen molar-refractivity contribution >= 4 is 11.8 Å². The van der Waals surface area contributed by atoms with Gasteiger partial charge in [0.2, 0.25) is 0 Å². The lowest BCUT2D eigenvalue weighted by atomic mass is 10.8. The molecule has 0 aromatic carbocycles. The van der Waals surface area contributed by atoms with Gasteiger partial charge in [-0.1, -0.05) is 0 Å². The molecule has 35 valence electrons. The van der Waals surface area contributed by atoms with Gasteiger partial charge in [-0.2, -0.15) is 5.26 Å². The molecule has 1 aliphatic rings. The van der Waals surface area contributed by atoms with E-state index in [0.29, 0.717) is 0 Å². The Hall–Kier alpha value is -0.620. The zero-order valence-corrected chi connectivity index (χ0v) is 4.40. The summed E-state index contributed by atoms with van der Waals surface area (Å²) in [6.45, 7) is 0. The van der Waals surface area contributed by atoms with Crippen LogP contribution in [0, 0.1) is 17.7 Å². The van der Waals surface area contributed by atoms with Crippen molar-refractivity contribution in [1.29, 1.82) is 5.26 Å². The highest BCUT2D eigenvalue weighted by molar-refractivity contribution is 8.02.